The summed E-state index contributed by atoms with van der Waals surface area (Å²) in [4.78, 5) is 2.62. The third-order valence-corrected chi connectivity index (χ3v) is 3.83. The molecule has 1 aliphatic rings. The number of aryl methyl sites for hydroxylation is 2. The number of aliphatic hydroxyl groups is 1. The molecular weight excluding hydrogens is 182 g/mol. The predicted molar refractivity (Wildman–Crippen MR) is 55.2 cm³/mol. The number of rotatable bonds is 3. The summed E-state index contributed by atoms with van der Waals surface area (Å²) in [5.41, 5.74) is 1.47. The van der Waals surface area contributed by atoms with E-state index in [0.717, 1.165) is 4.88 Å². The number of fused-ring (bicyclic) bond motifs is 1. The van der Waals surface area contributed by atoms with Gasteiger partial charge in [0.2, 0.25) is 0 Å². The van der Waals surface area contributed by atoms with Gasteiger partial charge in [0, 0.05) is 16.3 Å². The third kappa shape index (κ3) is 1.77. The molecular formula is C10H15NOS. The smallest absolute Gasteiger partial charge is 0.101 e. The molecule has 0 spiro atoms. The molecule has 0 bridgehead atoms. The lowest BCUT2D eigenvalue weighted by molar-refractivity contribution is 0.181. The highest BCUT2D eigenvalue weighted by atomic mass is 32.1. The molecule has 0 amide bonds. The molecule has 0 saturated carbocycles. The second-order valence-corrected chi connectivity index (χ2v) is 4.69. The van der Waals surface area contributed by atoms with Crippen LogP contribution in [0.15, 0.2) is 6.07 Å². The van der Waals surface area contributed by atoms with Crippen molar-refractivity contribution in [1.82, 2.24) is 5.32 Å². The summed E-state index contributed by atoms with van der Waals surface area (Å²) in [7, 11) is 1.87. The standard InChI is InChI=1S/C10H15NOS/c1-11-6-8(12)10-5-7-3-2-4-9(7)13-10/h5,8,11-12H,2-4,6H2,1H3. The second kappa shape index (κ2) is 3.78. The molecule has 2 rings (SSSR count). The molecule has 0 fully saturated rings. The van der Waals surface area contributed by atoms with Gasteiger partial charge in [-0.15, -0.1) is 11.3 Å². The van der Waals surface area contributed by atoms with Gasteiger partial charge in [0.05, 0.1) is 0 Å². The van der Waals surface area contributed by atoms with Crippen LogP contribution in [0.4, 0.5) is 0 Å². The molecule has 1 unspecified atom stereocenters. The Hall–Kier alpha value is -0.380. The van der Waals surface area contributed by atoms with E-state index in [-0.39, 0.29) is 6.10 Å². The van der Waals surface area contributed by atoms with Crippen molar-refractivity contribution in [3.63, 3.8) is 0 Å². The van der Waals surface area contributed by atoms with E-state index in [1.807, 2.05) is 7.05 Å². The molecule has 0 saturated heterocycles. The largest absolute Gasteiger partial charge is 0.386 e. The van der Waals surface area contributed by atoms with Gasteiger partial charge in [-0.3, -0.25) is 0 Å². The Balaban J connectivity index is 2.13. The summed E-state index contributed by atoms with van der Waals surface area (Å²) >= 11 is 1.78. The van der Waals surface area contributed by atoms with E-state index in [1.165, 1.54) is 29.7 Å². The van der Waals surface area contributed by atoms with E-state index in [9.17, 15) is 5.11 Å². The maximum Gasteiger partial charge on any atom is 0.101 e. The van der Waals surface area contributed by atoms with Crippen molar-refractivity contribution in [3.05, 3.63) is 21.4 Å². The lowest BCUT2D eigenvalue weighted by Gasteiger charge is -2.06. The first-order valence-corrected chi connectivity index (χ1v) is 5.57. The Bertz CT molecular complexity index is 274. The first kappa shape index (κ1) is 9.19. The van der Waals surface area contributed by atoms with Crippen LogP contribution in [0.3, 0.4) is 0 Å². The highest BCUT2D eigenvalue weighted by molar-refractivity contribution is 7.12. The van der Waals surface area contributed by atoms with Crippen LogP contribution in [0, 0.1) is 0 Å². The topological polar surface area (TPSA) is 32.3 Å². The van der Waals surface area contributed by atoms with Gasteiger partial charge in [-0.25, -0.2) is 0 Å². The van der Waals surface area contributed by atoms with Crippen molar-refractivity contribution in [1.29, 1.82) is 0 Å². The zero-order chi connectivity index (χ0) is 9.26. The predicted octanol–water partition coefficient (Wildman–Crippen LogP) is 1.49. The fraction of sp³-hybridized carbons (Fsp3) is 0.600. The highest BCUT2D eigenvalue weighted by Gasteiger charge is 2.17. The number of hydrogen-bond acceptors (Lipinski definition) is 3. The fourth-order valence-electron chi connectivity index (χ4n) is 1.81. The fourth-order valence-corrected chi connectivity index (χ4v) is 3.05. The molecule has 1 aliphatic carbocycles. The highest BCUT2D eigenvalue weighted by Crippen LogP contribution is 2.33. The van der Waals surface area contributed by atoms with Gasteiger partial charge < -0.3 is 10.4 Å². The number of likely N-dealkylation sites (N-methyl/N-ethyl adjacent to an activating group) is 1. The van der Waals surface area contributed by atoms with Crippen LogP contribution < -0.4 is 5.32 Å². The molecule has 0 radical (unpaired) electrons. The van der Waals surface area contributed by atoms with Gasteiger partial charge in [-0.1, -0.05) is 0 Å². The molecule has 0 aliphatic heterocycles. The van der Waals surface area contributed by atoms with E-state index in [2.05, 4.69) is 11.4 Å². The number of hydrogen-bond donors (Lipinski definition) is 2. The summed E-state index contributed by atoms with van der Waals surface area (Å²) in [6, 6.07) is 2.18. The van der Waals surface area contributed by atoms with Crippen LogP contribution in [0.1, 0.15) is 27.8 Å². The Morgan fingerprint density at radius 3 is 3.15 bits per heavy atom. The lowest BCUT2D eigenvalue weighted by atomic mass is 10.2. The molecule has 1 aromatic rings. The average molecular weight is 197 g/mol. The minimum absolute atomic E-state index is 0.319. The Labute approximate surface area is 82.6 Å². The molecule has 1 heterocycles. The maximum atomic E-state index is 9.73. The van der Waals surface area contributed by atoms with E-state index in [4.69, 9.17) is 0 Å². The summed E-state index contributed by atoms with van der Waals surface area (Å²) in [6.07, 6.45) is 3.40. The molecule has 2 nitrogen and oxygen atoms in total. The van der Waals surface area contributed by atoms with E-state index in [1.54, 1.807) is 11.3 Å². The van der Waals surface area contributed by atoms with Gasteiger partial charge >= 0.3 is 0 Å². The molecule has 13 heavy (non-hydrogen) atoms. The summed E-state index contributed by atoms with van der Waals surface area (Å²) in [6.45, 7) is 0.652. The van der Waals surface area contributed by atoms with Crippen LogP contribution in [0.5, 0.6) is 0 Å². The van der Waals surface area contributed by atoms with Gasteiger partial charge in [-0.05, 0) is 37.9 Å². The van der Waals surface area contributed by atoms with Crippen molar-refractivity contribution in [2.24, 2.45) is 0 Å². The quantitative estimate of drug-likeness (QED) is 0.769. The summed E-state index contributed by atoms with van der Waals surface area (Å²) < 4.78 is 0. The second-order valence-electron chi connectivity index (χ2n) is 3.52. The summed E-state index contributed by atoms with van der Waals surface area (Å²) in [5.74, 6) is 0. The average Bonchev–Trinajstić information content (AvgIpc) is 2.61. The minimum Gasteiger partial charge on any atom is -0.386 e. The maximum absolute atomic E-state index is 9.73. The Kier molecular flexibility index (Phi) is 2.67. The molecule has 3 heteroatoms. The monoisotopic (exact) mass is 197 g/mol. The van der Waals surface area contributed by atoms with Crippen molar-refractivity contribution in [2.75, 3.05) is 13.6 Å². The van der Waals surface area contributed by atoms with Gasteiger partial charge in [-0.2, -0.15) is 0 Å². The van der Waals surface area contributed by atoms with Crippen molar-refractivity contribution in [3.8, 4) is 0 Å². The molecule has 72 valence electrons. The van der Waals surface area contributed by atoms with Crippen LogP contribution >= 0.6 is 11.3 Å². The van der Waals surface area contributed by atoms with Crippen molar-refractivity contribution in [2.45, 2.75) is 25.4 Å². The van der Waals surface area contributed by atoms with Gasteiger partial charge in [0.1, 0.15) is 6.10 Å². The van der Waals surface area contributed by atoms with Gasteiger partial charge in [0.25, 0.3) is 0 Å². The van der Waals surface area contributed by atoms with E-state index >= 15 is 0 Å². The first-order chi connectivity index (χ1) is 6.31. The molecule has 1 aromatic heterocycles. The third-order valence-electron chi connectivity index (χ3n) is 2.49. The molecule has 0 aromatic carbocycles. The Morgan fingerprint density at radius 1 is 1.62 bits per heavy atom. The SMILES string of the molecule is CNCC(O)c1cc2c(s1)CCC2. The first-order valence-electron chi connectivity index (χ1n) is 4.75. The lowest BCUT2D eigenvalue weighted by Crippen LogP contribution is -2.15. The van der Waals surface area contributed by atoms with Crippen molar-refractivity contribution < 1.29 is 5.11 Å². The van der Waals surface area contributed by atoms with Crippen LogP contribution in [-0.2, 0) is 12.8 Å². The minimum atomic E-state index is -0.319. The van der Waals surface area contributed by atoms with Gasteiger partial charge in [0.15, 0.2) is 0 Å². The van der Waals surface area contributed by atoms with Crippen molar-refractivity contribution >= 4 is 11.3 Å². The summed E-state index contributed by atoms with van der Waals surface area (Å²) in [5, 5.41) is 12.7. The number of aliphatic hydroxyl groups excluding tert-OH is 1. The van der Waals surface area contributed by atoms with Crippen LogP contribution in [-0.4, -0.2) is 18.7 Å². The Morgan fingerprint density at radius 2 is 2.46 bits per heavy atom. The zero-order valence-corrected chi connectivity index (χ0v) is 8.66. The van der Waals surface area contributed by atoms with E-state index in [0.29, 0.717) is 6.54 Å². The molecule has 1 atom stereocenters. The number of thiophene rings is 1. The van der Waals surface area contributed by atoms with Crippen LogP contribution in [0.25, 0.3) is 0 Å². The van der Waals surface area contributed by atoms with E-state index < -0.39 is 0 Å². The normalized spacial score (nSPS) is 17.4. The van der Waals surface area contributed by atoms with Crippen LogP contribution in [0.2, 0.25) is 0 Å². The number of nitrogens with one attached hydrogen (secondary N) is 1. The molecule has 2 N–H and O–H groups in total. The zero-order valence-electron chi connectivity index (χ0n) is 7.84.